The number of nitrogens with one attached hydrogen (secondary N) is 2. The third-order valence-electron chi connectivity index (χ3n) is 3.72. The average molecular weight is 237 g/mol. The Balaban J connectivity index is 1.89. The van der Waals surface area contributed by atoms with Crippen LogP contribution in [0.1, 0.15) is 0 Å². The number of hydrogen-bond acceptors (Lipinski definition) is 5. The van der Waals surface area contributed by atoms with Gasteiger partial charge in [0.2, 0.25) is 5.82 Å². The van der Waals surface area contributed by atoms with Crippen molar-refractivity contribution >= 4 is 5.82 Å². The van der Waals surface area contributed by atoms with Crippen LogP contribution in [0.2, 0.25) is 0 Å². The van der Waals surface area contributed by atoms with E-state index in [-0.39, 0.29) is 11.4 Å². The highest BCUT2D eigenvalue weighted by atomic mass is 16.2. The minimum Gasteiger partial charge on any atom is -0.361 e. The molecule has 1 aromatic heterocycles. The van der Waals surface area contributed by atoms with Gasteiger partial charge < -0.3 is 10.6 Å². The maximum Gasteiger partial charge on any atom is 0.346 e. The van der Waals surface area contributed by atoms with Crippen LogP contribution in [0.3, 0.4) is 0 Å². The summed E-state index contributed by atoms with van der Waals surface area (Å²) in [6.45, 7) is 1.99. The quantitative estimate of drug-likeness (QED) is 0.628. The third-order valence-corrected chi connectivity index (χ3v) is 3.72. The zero-order chi connectivity index (χ0) is 12.2. The maximum absolute atomic E-state index is 11.8. The molecular weight excluding hydrogens is 222 g/mol. The molecule has 0 amide bonds. The number of aromatic nitrogens is 3. The van der Waals surface area contributed by atoms with E-state index in [0.717, 1.165) is 17.7 Å². The second-order valence-electron chi connectivity index (χ2n) is 4.78. The topological polar surface area (TPSA) is 81.0 Å². The van der Waals surface area contributed by atoms with E-state index in [1.165, 1.54) is 11.7 Å². The van der Waals surface area contributed by atoms with Crippen molar-refractivity contribution < 1.29 is 0 Å². The maximum atomic E-state index is 11.8. The summed E-state index contributed by atoms with van der Waals surface area (Å²) in [5.74, 6) is 1.46. The van der Waals surface area contributed by atoms with Gasteiger partial charge in [0.05, 0.1) is 0 Å². The Labute approximate surface area is 97.4 Å². The molecule has 2 heterocycles. The van der Waals surface area contributed by atoms with Gasteiger partial charge in [-0.15, -0.1) is 5.10 Å². The molecule has 0 bridgehead atoms. The fourth-order valence-corrected chi connectivity index (χ4v) is 2.58. The number of hydrogen-bond donors (Lipinski definition) is 2. The minimum absolute atomic E-state index is 0.272. The van der Waals surface area contributed by atoms with Crippen LogP contribution >= 0.6 is 0 Å². The van der Waals surface area contributed by atoms with Crippen molar-refractivity contribution in [2.75, 3.05) is 18.4 Å². The predicted octanol–water partition coefficient (Wildman–Crippen LogP) is -1.89. The lowest BCUT2D eigenvalue weighted by atomic mass is 10.4. The van der Waals surface area contributed by atoms with Crippen molar-refractivity contribution in [1.82, 2.24) is 19.7 Å². The molecule has 1 aliphatic carbocycles. The number of nitrogens with zero attached hydrogens (tertiary/aromatic N) is 3. The van der Waals surface area contributed by atoms with Gasteiger partial charge >= 0.3 is 5.69 Å². The van der Waals surface area contributed by atoms with Crippen LogP contribution in [0.5, 0.6) is 0 Å². The Hall–Kier alpha value is -1.63. The van der Waals surface area contributed by atoms with Crippen molar-refractivity contribution in [2.24, 2.45) is 25.9 Å². The van der Waals surface area contributed by atoms with Crippen LogP contribution in [-0.4, -0.2) is 33.5 Å². The summed E-state index contributed by atoms with van der Waals surface area (Å²) >= 11 is 0. The van der Waals surface area contributed by atoms with Crippen LogP contribution in [0.15, 0.2) is 9.59 Å². The number of anilines is 1. The van der Waals surface area contributed by atoms with Gasteiger partial charge in [0.25, 0.3) is 5.56 Å². The summed E-state index contributed by atoms with van der Waals surface area (Å²) in [4.78, 5) is 23.3. The highest BCUT2D eigenvalue weighted by molar-refractivity contribution is 5.36. The smallest absolute Gasteiger partial charge is 0.346 e. The predicted molar refractivity (Wildman–Crippen MR) is 62.0 cm³/mol. The molecule has 7 nitrogen and oxygen atoms in total. The first-order valence-electron chi connectivity index (χ1n) is 5.71. The molecule has 1 saturated carbocycles. The van der Waals surface area contributed by atoms with Crippen LogP contribution in [0.25, 0.3) is 0 Å². The molecule has 0 spiro atoms. The Morgan fingerprint density at radius 1 is 1.29 bits per heavy atom. The summed E-state index contributed by atoms with van der Waals surface area (Å²) in [5, 5.41) is 10.4. The largest absolute Gasteiger partial charge is 0.361 e. The zero-order valence-electron chi connectivity index (χ0n) is 9.80. The fraction of sp³-hybridized carbons (Fsp3) is 0.700. The van der Waals surface area contributed by atoms with Gasteiger partial charge in [-0.3, -0.25) is 9.36 Å². The summed E-state index contributed by atoms with van der Waals surface area (Å²) < 4.78 is 2.26. The first-order chi connectivity index (χ1) is 8.09. The lowest BCUT2D eigenvalue weighted by molar-refractivity contribution is 0.600. The van der Waals surface area contributed by atoms with Crippen molar-refractivity contribution in [1.29, 1.82) is 0 Å². The van der Waals surface area contributed by atoms with Crippen LogP contribution in [0, 0.1) is 11.8 Å². The molecule has 92 valence electrons. The second kappa shape index (κ2) is 3.43. The highest BCUT2D eigenvalue weighted by Crippen LogP contribution is 2.43. The Kier molecular flexibility index (Phi) is 2.12. The summed E-state index contributed by atoms with van der Waals surface area (Å²) in [6.07, 6.45) is 0. The third kappa shape index (κ3) is 1.49. The summed E-state index contributed by atoms with van der Waals surface area (Å²) in [6, 6.07) is 0.328. The molecule has 7 heteroatoms. The zero-order valence-corrected chi connectivity index (χ0v) is 9.80. The van der Waals surface area contributed by atoms with Crippen molar-refractivity contribution in [3.8, 4) is 0 Å². The lowest BCUT2D eigenvalue weighted by Gasteiger charge is -2.09. The molecule has 2 unspecified atom stereocenters. The normalized spacial score (nSPS) is 30.1. The standard InChI is InChI=1S/C10H15N5O2/c1-14-9(16)8(13-15(2)10(14)17)12-7-5-3-11-4-6(5)7/h5-7,11H,3-4H2,1-2H3,(H,12,13). The molecule has 2 aliphatic rings. The number of fused-ring (bicyclic) bond motifs is 1. The first kappa shape index (κ1) is 10.5. The van der Waals surface area contributed by atoms with E-state index in [4.69, 9.17) is 0 Å². The summed E-state index contributed by atoms with van der Waals surface area (Å²) in [7, 11) is 3.01. The molecule has 3 rings (SSSR count). The van der Waals surface area contributed by atoms with Crippen molar-refractivity contribution in [3.63, 3.8) is 0 Å². The van der Waals surface area contributed by atoms with Crippen molar-refractivity contribution in [2.45, 2.75) is 6.04 Å². The molecule has 2 atom stereocenters. The molecule has 1 aliphatic heterocycles. The Morgan fingerprint density at radius 2 is 1.94 bits per heavy atom. The lowest BCUT2D eigenvalue weighted by Crippen LogP contribution is -2.40. The number of piperidine rings is 1. The van der Waals surface area contributed by atoms with E-state index in [2.05, 4.69) is 15.7 Å². The van der Waals surface area contributed by atoms with Crippen LogP contribution in [-0.2, 0) is 14.1 Å². The van der Waals surface area contributed by atoms with E-state index in [1.807, 2.05) is 0 Å². The second-order valence-corrected chi connectivity index (χ2v) is 4.78. The molecule has 2 fully saturated rings. The van der Waals surface area contributed by atoms with Crippen molar-refractivity contribution in [3.05, 3.63) is 20.8 Å². The molecule has 2 N–H and O–H groups in total. The van der Waals surface area contributed by atoms with E-state index >= 15 is 0 Å². The monoisotopic (exact) mass is 237 g/mol. The number of rotatable bonds is 2. The molecule has 0 radical (unpaired) electrons. The Morgan fingerprint density at radius 3 is 2.59 bits per heavy atom. The van der Waals surface area contributed by atoms with Crippen LogP contribution < -0.4 is 21.9 Å². The van der Waals surface area contributed by atoms with Gasteiger partial charge in [0, 0.05) is 33.2 Å². The van der Waals surface area contributed by atoms with E-state index in [1.54, 1.807) is 7.05 Å². The van der Waals surface area contributed by atoms with Gasteiger partial charge in [-0.2, -0.15) is 0 Å². The molecule has 17 heavy (non-hydrogen) atoms. The average Bonchev–Trinajstić information content (AvgIpc) is 2.76. The van der Waals surface area contributed by atoms with Gasteiger partial charge in [-0.1, -0.05) is 0 Å². The van der Waals surface area contributed by atoms with E-state index < -0.39 is 5.69 Å². The summed E-state index contributed by atoms with van der Waals surface area (Å²) in [5.41, 5.74) is -0.760. The molecular formula is C10H15N5O2. The van der Waals surface area contributed by atoms with Gasteiger partial charge in [0.15, 0.2) is 0 Å². The molecule has 1 aromatic rings. The van der Waals surface area contributed by atoms with Crippen LogP contribution in [0.4, 0.5) is 5.82 Å². The highest BCUT2D eigenvalue weighted by Gasteiger charge is 2.53. The van der Waals surface area contributed by atoms with Gasteiger partial charge in [-0.05, 0) is 11.8 Å². The van der Waals surface area contributed by atoms with Gasteiger partial charge in [0.1, 0.15) is 0 Å². The van der Waals surface area contributed by atoms with E-state index in [0.29, 0.717) is 17.9 Å². The number of aryl methyl sites for hydroxylation is 1. The van der Waals surface area contributed by atoms with Gasteiger partial charge in [-0.25, -0.2) is 9.48 Å². The van der Waals surface area contributed by atoms with E-state index in [9.17, 15) is 9.59 Å². The fourth-order valence-electron chi connectivity index (χ4n) is 2.58. The Bertz CT molecular complexity index is 565. The SMILES string of the molecule is Cn1nc(NC2C3CNCC32)c(=O)n(C)c1=O. The molecule has 0 aromatic carbocycles. The molecule has 1 saturated heterocycles. The minimum atomic E-state index is -0.404. The first-order valence-corrected chi connectivity index (χ1v) is 5.71.